The molecule has 1 aromatic carbocycles. The highest BCUT2D eigenvalue weighted by Crippen LogP contribution is 2.40. The number of nitrogens with zero attached hydrogens (tertiary/aromatic N) is 1. The van der Waals surface area contributed by atoms with Crippen LogP contribution in [0.4, 0.5) is 5.69 Å². The van der Waals surface area contributed by atoms with E-state index in [0.717, 1.165) is 17.8 Å². The largest absolute Gasteiger partial charge is 0.325 e. The molecule has 1 amide bonds. The van der Waals surface area contributed by atoms with Crippen LogP contribution in [0.1, 0.15) is 12.0 Å². The first-order valence-corrected chi connectivity index (χ1v) is 6.45. The number of benzene rings is 1. The Labute approximate surface area is 114 Å². The molecule has 1 heterocycles. The summed E-state index contributed by atoms with van der Waals surface area (Å²) in [6.07, 6.45) is 4.31. The van der Waals surface area contributed by atoms with Crippen molar-refractivity contribution >= 4 is 11.6 Å². The van der Waals surface area contributed by atoms with E-state index in [4.69, 9.17) is 0 Å². The van der Waals surface area contributed by atoms with E-state index >= 15 is 0 Å². The zero-order valence-electron chi connectivity index (χ0n) is 11.4. The zero-order chi connectivity index (χ0) is 13.9. The van der Waals surface area contributed by atoms with Gasteiger partial charge in [-0.2, -0.15) is 0 Å². The van der Waals surface area contributed by atoms with Crippen LogP contribution in [0.2, 0.25) is 0 Å². The van der Waals surface area contributed by atoms with E-state index in [2.05, 4.69) is 23.4 Å². The van der Waals surface area contributed by atoms with Crippen LogP contribution in [0.5, 0.6) is 0 Å². The van der Waals surface area contributed by atoms with Crippen LogP contribution >= 0.6 is 0 Å². The number of carbonyl (C=O) groups excluding carboxylic acids is 1. The third-order valence-electron chi connectivity index (χ3n) is 3.60. The average Bonchev–Trinajstić information content (AvgIpc) is 2.64. The molecule has 0 fully saturated rings. The van der Waals surface area contributed by atoms with Gasteiger partial charge in [-0.1, -0.05) is 30.4 Å². The summed E-state index contributed by atoms with van der Waals surface area (Å²) in [5, 5.41) is 2.98. The quantitative estimate of drug-likeness (QED) is 0.793. The maximum absolute atomic E-state index is 12.5. The summed E-state index contributed by atoms with van der Waals surface area (Å²) in [7, 11) is 2.00. The van der Waals surface area contributed by atoms with Crippen molar-refractivity contribution in [1.82, 2.24) is 4.90 Å². The molecule has 1 N–H and O–H groups in total. The number of rotatable bonds is 6. The van der Waals surface area contributed by atoms with E-state index < -0.39 is 5.41 Å². The maximum Gasteiger partial charge on any atom is 0.236 e. The predicted octanol–water partition coefficient (Wildman–Crippen LogP) is 2.57. The van der Waals surface area contributed by atoms with Crippen molar-refractivity contribution in [3.63, 3.8) is 0 Å². The first kappa shape index (κ1) is 13.6. The van der Waals surface area contributed by atoms with E-state index in [1.54, 1.807) is 0 Å². The average molecular weight is 256 g/mol. The molecule has 0 saturated heterocycles. The zero-order valence-corrected chi connectivity index (χ0v) is 11.4. The lowest BCUT2D eigenvalue weighted by atomic mass is 9.78. The molecule has 1 aliphatic rings. The summed E-state index contributed by atoms with van der Waals surface area (Å²) >= 11 is 0. The van der Waals surface area contributed by atoms with Gasteiger partial charge in [-0.3, -0.25) is 4.79 Å². The Hall–Kier alpha value is -1.87. The Kier molecular flexibility index (Phi) is 3.86. The number of carbonyl (C=O) groups is 1. The van der Waals surface area contributed by atoms with Gasteiger partial charge in [-0.15, -0.1) is 13.2 Å². The molecule has 1 atom stereocenters. The topological polar surface area (TPSA) is 32.3 Å². The lowest BCUT2D eigenvalue weighted by Gasteiger charge is -2.30. The van der Waals surface area contributed by atoms with Crippen molar-refractivity contribution in [2.75, 3.05) is 25.5 Å². The molecular formula is C16H20N2O. The van der Waals surface area contributed by atoms with Crippen molar-refractivity contribution in [2.24, 2.45) is 0 Å². The van der Waals surface area contributed by atoms with Gasteiger partial charge in [-0.05, 0) is 25.1 Å². The fourth-order valence-electron chi connectivity index (χ4n) is 2.79. The van der Waals surface area contributed by atoms with Gasteiger partial charge in [0.2, 0.25) is 5.91 Å². The van der Waals surface area contributed by atoms with Crippen molar-refractivity contribution in [3.05, 3.63) is 55.1 Å². The Balaban J connectivity index is 2.41. The monoisotopic (exact) mass is 256 g/mol. The number of fused-ring (bicyclic) bond motifs is 1. The first-order valence-electron chi connectivity index (χ1n) is 6.45. The molecule has 3 nitrogen and oxygen atoms in total. The van der Waals surface area contributed by atoms with Crippen LogP contribution < -0.4 is 5.32 Å². The second-order valence-corrected chi connectivity index (χ2v) is 5.06. The van der Waals surface area contributed by atoms with Crippen LogP contribution in [0.15, 0.2) is 49.6 Å². The molecule has 1 unspecified atom stereocenters. The summed E-state index contributed by atoms with van der Waals surface area (Å²) in [4.78, 5) is 14.6. The Bertz CT molecular complexity index is 509. The number of allylic oxidation sites excluding steroid dienone is 1. The summed E-state index contributed by atoms with van der Waals surface area (Å²) in [6, 6.07) is 7.89. The van der Waals surface area contributed by atoms with Gasteiger partial charge in [0.05, 0.1) is 5.41 Å². The number of nitrogens with one attached hydrogen (secondary N) is 1. The van der Waals surface area contributed by atoms with Gasteiger partial charge in [0, 0.05) is 18.8 Å². The number of para-hydroxylation sites is 1. The van der Waals surface area contributed by atoms with Gasteiger partial charge >= 0.3 is 0 Å². The minimum Gasteiger partial charge on any atom is -0.325 e. The number of amides is 1. The molecule has 0 aromatic heterocycles. The molecule has 3 heteroatoms. The highest BCUT2D eigenvalue weighted by Gasteiger charge is 2.46. The van der Waals surface area contributed by atoms with E-state index in [-0.39, 0.29) is 5.91 Å². The standard InChI is InChI=1S/C16H20N2O/c1-4-10-16(12-18(3)11-5-2)13-8-6-7-9-14(13)17-15(16)19/h4-9H,1-2,10-12H2,3H3,(H,17,19). The molecule has 0 spiro atoms. The number of hydrogen-bond acceptors (Lipinski definition) is 2. The Morgan fingerprint density at radius 3 is 2.74 bits per heavy atom. The lowest BCUT2D eigenvalue weighted by Crippen LogP contribution is -2.44. The van der Waals surface area contributed by atoms with E-state index in [1.807, 2.05) is 43.5 Å². The summed E-state index contributed by atoms with van der Waals surface area (Å²) in [5.41, 5.74) is 1.45. The Morgan fingerprint density at radius 2 is 2.05 bits per heavy atom. The van der Waals surface area contributed by atoms with Gasteiger partial charge in [0.25, 0.3) is 0 Å². The smallest absolute Gasteiger partial charge is 0.236 e. The van der Waals surface area contributed by atoms with Crippen LogP contribution in [-0.2, 0) is 10.2 Å². The van der Waals surface area contributed by atoms with Crippen molar-refractivity contribution < 1.29 is 4.79 Å². The molecule has 0 aliphatic carbocycles. The van der Waals surface area contributed by atoms with Crippen molar-refractivity contribution in [1.29, 1.82) is 0 Å². The molecule has 100 valence electrons. The molecule has 1 aliphatic heterocycles. The van der Waals surface area contributed by atoms with E-state index in [1.165, 1.54) is 0 Å². The molecule has 0 bridgehead atoms. The summed E-state index contributed by atoms with van der Waals surface area (Å²) in [5.74, 6) is 0.0597. The maximum atomic E-state index is 12.5. The van der Waals surface area contributed by atoms with Gasteiger partial charge < -0.3 is 10.2 Å². The highest BCUT2D eigenvalue weighted by atomic mass is 16.2. The number of anilines is 1. The van der Waals surface area contributed by atoms with Crippen LogP contribution in [0.25, 0.3) is 0 Å². The fourth-order valence-corrected chi connectivity index (χ4v) is 2.79. The van der Waals surface area contributed by atoms with Crippen LogP contribution in [0.3, 0.4) is 0 Å². The third kappa shape index (κ3) is 2.34. The van der Waals surface area contributed by atoms with Gasteiger partial charge in [0.1, 0.15) is 0 Å². The molecule has 2 rings (SSSR count). The molecule has 0 saturated carbocycles. The second kappa shape index (κ2) is 5.41. The molecule has 1 aromatic rings. The van der Waals surface area contributed by atoms with E-state index in [9.17, 15) is 4.79 Å². The SMILES string of the molecule is C=CCN(C)CC1(CC=C)C(=O)Nc2ccccc21. The first-order chi connectivity index (χ1) is 9.14. The van der Waals surface area contributed by atoms with Gasteiger partial charge in [-0.25, -0.2) is 0 Å². The van der Waals surface area contributed by atoms with Crippen molar-refractivity contribution in [3.8, 4) is 0 Å². The lowest BCUT2D eigenvalue weighted by molar-refractivity contribution is -0.121. The second-order valence-electron chi connectivity index (χ2n) is 5.06. The molecular weight excluding hydrogens is 236 g/mol. The summed E-state index contributed by atoms with van der Waals surface area (Å²) in [6.45, 7) is 8.97. The van der Waals surface area contributed by atoms with E-state index in [0.29, 0.717) is 13.0 Å². The number of likely N-dealkylation sites (N-methyl/N-ethyl adjacent to an activating group) is 1. The van der Waals surface area contributed by atoms with Crippen LogP contribution in [0, 0.1) is 0 Å². The fraction of sp³-hybridized carbons (Fsp3) is 0.312. The van der Waals surface area contributed by atoms with Crippen molar-refractivity contribution in [2.45, 2.75) is 11.8 Å². The summed E-state index contributed by atoms with van der Waals surface area (Å²) < 4.78 is 0. The minimum absolute atomic E-state index is 0.0597. The predicted molar refractivity (Wildman–Crippen MR) is 79.3 cm³/mol. The Morgan fingerprint density at radius 1 is 1.32 bits per heavy atom. The molecule has 19 heavy (non-hydrogen) atoms. The normalized spacial score (nSPS) is 21.1. The number of hydrogen-bond donors (Lipinski definition) is 1. The minimum atomic E-state index is -0.532. The molecule has 0 radical (unpaired) electrons. The highest BCUT2D eigenvalue weighted by molar-refractivity contribution is 6.06. The van der Waals surface area contributed by atoms with Crippen LogP contribution in [-0.4, -0.2) is 30.9 Å². The van der Waals surface area contributed by atoms with Gasteiger partial charge in [0.15, 0.2) is 0 Å². The third-order valence-corrected chi connectivity index (χ3v) is 3.60.